The van der Waals surface area contributed by atoms with Gasteiger partial charge < -0.3 is 4.74 Å². The van der Waals surface area contributed by atoms with Gasteiger partial charge in [-0.05, 0) is 23.6 Å². The van der Waals surface area contributed by atoms with Crippen molar-refractivity contribution in [1.29, 1.82) is 0 Å². The summed E-state index contributed by atoms with van der Waals surface area (Å²) >= 11 is 6.83. The minimum absolute atomic E-state index is 0.141. The zero-order valence-corrected chi connectivity index (χ0v) is 12.6. The minimum atomic E-state index is -3.92. The largest absolute Gasteiger partial charge is 0.465 e. The number of pyridine rings is 1. The van der Waals surface area contributed by atoms with Crippen molar-refractivity contribution >= 4 is 44.6 Å². The van der Waals surface area contributed by atoms with Crippen molar-refractivity contribution in [1.82, 2.24) is 4.98 Å². The zero-order valence-electron chi connectivity index (χ0n) is 10.2. The first-order chi connectivity index (χ1) is 9.45. The standard InChI is InChI=1S/C11H9ClN2O4S2/c1-18-11(15)9-7(4-6-19-9)14-20(16,17)8-3-2-5-13-10(8)12/h2-6,14H,1H3. The highest BCUT2D eigenvalue weighted by atomic mass is 35.5. The second-order valence-electron chi connectivity index (χ2n) is 3.55. The molecule has 0 radical (unpaired) electrons. The summed E-state index contributed by atoms with van der Waals surface area (Å²) in [6.45, 7) is 0. The van der Waals surface area contributed by atoms with E-state index in [1.807, 2.05) is 0 Å². The Morgan fingerprint density at radius 1 is 1.45 bits per heavy atom. The third kappa shape index (κ3) is 2.92. The molecule has 0 atom stereocenters. The smallest absolute Gasteiger partial charge is 0.350 e. The van der Waals surface area contributed by atoms with Crippen molar-refractivity contribution in [3.8, 4) is 0 Å². The molecule has 0 saturated heterocycles. The molecule has 0 aromatic carbocycles. The van der Waals surface area contributed by atoms with Gasteiger partial charge in [0.1, 0.15) is 14.9 Å². The number of hydrogen-bond acceptors (Lipinski definition) is 6. The molecular weight excluding hydrogens is 324 g/mol. The van der Waals surface area contributed by atoms with E-state index in [1.54, 1.807) is 5.38 Å². The average Bonchev–Trinajstić information content (AvgIpc) is 2.85. The van der Waals surface area contributed by atoms with Crippen molar-refractivity contribution < 1.29 is 17.9 Å². The number of halogens is 1. The summed E-state index contributed by atoms with van der Waals surface area (Å²) in [5.41, 5.74) is 0.141. The Balaban J connectivity index is 2.37. The monoisotopic (exact) mass is 332 g/mol. The topological polar surface area (TPSA) is 85.4 Å². The predicted octanol–water partition coefficient (Wildman–Crippen LogP) is 2.38. The van der Waals surface area contributed by atoms with Gasteiger partial charge in [0.2, 0.25) is 0 Å². The van der Waals surface area contributed by atoms with E-state index in [2.05, 4.69) is 14.4 Å². The Bertz CT molecular complexity index is 742. The van der Waals surface area contributed by atoms with E-state index in [0.29, 0.717) is 0 Å². The lowest BCUT2D eigenvalue weighted by atomic mass is 10.4. The molecule has 0 aliphatic carbocycles. The molecule has 0 fully saturated rings. The number of methoxy groups -OCH3 is 1. The lowest BCUT2D eigenvalue weighted by molar-refractivity contribution is 0.0607. The quantitative estimate of drug-likeness (QED) is 0.686. The molecule has 2 rings (SSSR count). The molecule has 0 bridgehead atoms. The molecule has 106 valence electrons. The fraction of sp³-hybridized carbons (Fsp3) is 0.0909. The SMILES string of the molecule is COC(=O)c1sccc1NS(=O)(=O)c1cccnc1Cl. The number of esters is 1. The highest BCUT2D eigenvalue weighted by Crippen LogP contribution is 2.27. The first-order valence-electron chi connectivity index (χ1n) is 5.25. The number of hydrogen-bond donors (Lipinski definition) is 1. The third-order valence-electron chi connectivity index (χ3n) is 2.29. The summed E-state index contributed by atoms with van der Waals surface area (Å²) < 4.78 is 31.3. The number of aromatic nitrogens is 1. The molecule has 2 heterocycles. The summed E-state index contributed by atoms with van der Waals surface area (Å²) in [5, 5.41) is 1.43. The molecule has 0 amide bonds. The Morgan fingerprint density at radius 2 is 2.20 bits per heavy atom. The predicted molar refractivity (Wildman–Crippen MR) is 75.7 cm³/mol. The maximum atomic E-state index is 12.2. The number of carbonyl (C=O) groups excluding carboxylic acids is 1. The van der Waals surface area contributed by atoms with Crippen LogP contribution in [0.2, 0.25) is 5.15 Å². The summed E-state index contributed by atoms with van der Waals surface area (Å²) in [4.78, 5) is 15.2. The summed E-state index contributed by atoms with van der Waals surface area (Å²) in [7, 11) is -2.70. The third-order valence-corrected chi connectivity index (χ3v) is 5.00. The average molecular weight is 333 g/mol. The van der Waals surface area contributed by atoms with Crippen LogP contribution in [-0.2, 0) is 14.8 Å². The van der Waals surface area contributed by atoms with Crippen LogP contribution >= 0.6 is 22.9 Å². The van der Waals surface area contributed by atoms with Gasteiger partial charge in [0.25, 0.3) is 10.0 Å². The van der Waals surface area contributed by atoms with Gasteiger partial charge in [0.05, 0.1) is 12.8 Å². The van der Waals surface area contributed by atoms with Gasteiger partial charge in [-0.3, -0.25) is 4.72 Å². The van der Waals surface area contributed by atoms with E-state index in [1.165, 1.54) is 31.5 Å². The Kier molecular flexibility index (Phi) is 4.26. The molecule has 0 spiro atoms. The molecule has 20 heavy (non-hydrogen) atoms. The van der Waals surface area contributed by atoms with Crippen LogP contribution in [0.15, 0.2) is 34.7 Å². The van der Waals surface area contributed by atoms with Gasteiger partial charge in [-0.25, -0.2) is 18.2 Å². The van der Waals surface area contributed by atoms with E-state index in [0.717, 1.165) is 11.3 Å². The summed E-state index contributed by atoms with van der Waals surface area (Å²) in [6, 6.07) is 4.25. The van der Waals surface area contributed by atoms with Crippen molar-refractivity contribution in [3.05, 3.63) is 39.8 Å². The highest BCUT2D eigenvalue weighted by molar-refractivity contribution is 7.92. The van der Waals surface area contributed by atoms with E-state index in [4.69, 9.17) is 11.6 Å². The van der Waals surface area contributed by atoms with Crippen molar-refractivity contribution in [3.63, 3.8) is 0 Å². The maximum absolute atomic E-state index is 12.2. The molecule has 2 aromatic heterocycles. The van der Waals surface area contributed by atoms with Crippen LogP contribution in [0.25, 0.3) is 0 Å². The van der Waals surface area contributed by atoms with Crippen LogP contribution in [0.3, 0.4) is 0 Å². The van der Waals surface area contributed by atoms with Gasteiger partial charge in [0.15, 0.2) is 0 Å². The highest BCUT2D eigenvalue weighted by Gasteiger charge is 2.22. The van der Waals surface area contributed by atoms with Crippen molar-refractivity contribution in [2.75, 3.05) is 11.8 Å². The van der Waals surface area contributed by atoms with Gasteiger partial charge in [-0.15, -0.1) is 11.3 Å². The van der Waals surface area contributed by atoms with Gasteiger partial charge in [-0.2, -0.15) is 0 Å². The van der Waals surface area contributed by atoms with Gasteiger partial charge in [0, 0.05) is 6.20 Å². The van der Waals surface area contributed by atoms with Crippen molar-refractivity contribution in [2.45, 2.75) is 4.90 Å². The number of thiophene rings is 1. The number of carbonyl (C=O) groups is 1. The molecule has 1 N–H and O–H groups in total. The number of nitrogens with zero attached hydrogens (tertiary/aromatic N) is 1. The summed E-state index contributed by atoms with van der Waals surface area (Å²) in [6.07, 6.45) is 1.38. The summed E-state index contributed by atoms with van der Waals surface area (Å²) in [5.74, 6) is -0.616. The molecule has 2 aromatic rings. The second kappa shape index (κ2) is 5.78. The minimum Gasteiger partial charge on any atom is -0.465 e. The second-order valence-corrected chi connectivity index (χ2v) is 6.48. The lowest BCUT2D eigenvalue weighted by Gasteiger charge is -2.08. The first kappa shape index (κ1) is 14.8. The van der Waals surface area contributed by atoms with E-state index < -0.39 is 16.0 Å². The molecule has 0 aliphatic heterocycles. The lowest BCUT2D eigenvalue weighted by Crippen LogP contribution is -2.15. The van der Waals surface area contributed by atoms with Crippen LogP contribution in [0.4, 0.5) is 5.69 Å². The van der Waals surface area contributed by atoms with Gasteiger partial charge >= 0.3 is 5.97 Å². The molecule has 0 aliphatic rings. The Morgan fingerprint density at radius 3 is 2.85 bits per heavy atom. The van der Waals surface area contributed by atoms with Crippen LogP contribution in [-0.4, -0.2) is 26.5 Å². The number of rotatable bonds is 4. The fourth-order valence-corrected chi connectivity index (χ4v) is 3.77. The molecular formula is C11H9ClN2O4S2. The van der Waals surface area contributed by atoms with E-state index in [9.17, 15) is 13.2 Å². The molecule has 0 unspecified atom stereocenters. The van der Waals surface area contributed by atoms with Crippen LogP contribution in [0, 0.1) is 0 Å². The number of nitrogens with one attached hydrogen (secondary N) is 1. The van der Waals surface area contributed by atoms with E-state index >= 15 is 0 Å². The Hall–Kier alpha value is -1.64. The molecule has 9 heteroatoms. The number of sulfonamides is 1. The molecule has 6 nitrogen and oxygen atoms in total. The zero-order chi connectivity index (χ0) is 14.8. The number of anilines is 1. The van der Waals surface area contributed by atoms with Gasteiger partial charge in [-0.1, -0.05) is 11.6 Å². The first-order valence-corrected chi connectivity index (χ1v) is 7.99. The Labute approximate surface area is 124 Å². The van der Waals surface area contributed by atoms with E-state index in [-0.39, 0.29) is 20.6 Å². The van der Waals surface area contributed by atoms with Crippen LogP contribution in [0.1, 0.15) is 9.67 Å². The van der Waals surface area contributed by atoms with Crippen molar-refractivity contribution in [2.24, 2.45) is 0 Å². The maximum Gasteiger partial charge on any atom is 0.350 e. The normalized spacial score (nSPS) is 11.1. The number of ether oxygens (including phenoxy) is 1. The molecule has 0 saturated carbocycles. The van der Waals surface area contributed by atoms with Crippen LogP contribution in [0.5, 0.6) is 0 Å². The fourth-order valence-electron chi connectivity index (χ4n) is 1.41. The van der Waals surface area contributed by atoms with Crippen LogP contribution < -0.4 is 4.72 Å².